The summed E-state index contributed by atoms with van der Waals surface area (Å²) in [6.07, 6.45) is 44.2. The van der Waals surface area contributed by atoms with Crippen LogP contribution >= 0.6 is 0 Å². The Hall–Kier alpha value is -1.55. The Morgan fingerprint density at radius 1 is 0.439 bits per heavy atom. The van der Waals surface area contributed by atoms with Gasteiger partial charge in [-0.15, -0.1) is 0 Å². The van der Waals surface area contributed by atoms with E-state index in [4.69, 9.17) is 0 Å². The normalized spacial score (nSPS) is 11.9. The number of hydrogen-bond donors (Lipinski definition) is 2. The van der Waals surface area contributed by atoms with E-state index in [0.717, 1.165) is 84.3 Å². The molecule has 0 saturated carbocycles. The van der Waals surface area contributed by atoms with Gasteiger partial charge in [0.05, 0.1) is 6.54 Å². The largest absolute Gasteiger partial charge is 0.357 e. The fourth-order valence-electron chi connectivity index (χ4n) is 9.08. The first kappa shape index (κ1) is 66.5. The van der Waals surface area contributed by atoms with E-state index in [1.165, 1.54) is 206 Å². The summed E-state index contributed by atoms with van der Waals surface area (Å²) in [4.78, 5) is 45.1. The maximum Gasteiger partial charge on any atom is 0.236 e. The van der Waals surface area contributed by atoms with Gasteiger partial charge in [0.2, 0.25) is 12.3 Å². The first-order chi connectivity index (χ1) is 32.4. The third kappa shape index (κ3) is 48.9. The molecule has 2 amide bonds. The van der Waals surface area contributed by atoms with E-state index in [-0.39, 0.29) is 5.91 Å². The second kappa shape index (κ2) is 56.0. The van der Waals surface area contributed by atoms with Crippen molar-refractivity contribution in [3.8, 4) is 0 Å². The topological polar surface area (TPSA) is 88.2 Å². The highest BCUT2D eigenvalue weighted by atomic mass is 16.2. The minimum Gasteiger partial charge on any atom is -0.357 e. The number of rotatable bonds is 53. The number of amides is 2. The highest BCUT2D eigenvalue weighted by Gasteiger charge is 2.19. The van der Waals surface area contributed by atoms with Crippen LogP contribution in [-0.4, -0.2) is 130 Å². The second-order valence-electron chi connectivity index (χ2n) is 20.0. The summed E-state index contributed by atoms with van der Waals surface area (Å²) < 4.78 is 0. The Bertz CT molecular complexity index is 955. The van der Waals surface area contributed by atoms with Crippen LogP contribution in [0.2, 0.25) is 0 Å². The lowest BCUT2D eigenvalue weighted by atomic mass is 10.1. The molecule has 0 aliphatic heterocycles. The lowest BCUT2D eigenvalue weighted by molar-refractivity contribution is -0.132. The third-order valence-corrected chi connectivity index (χ3v) is 13.3. The molecule has 0 rings (SSSR count). The molecule has 1 unspecified atom stereocenters. The zero-order valence-electron chi connectivity index (χ0n) is 45.8. The highest BCUT2D eigenvalue weighted by molar-refractivity contribution is 5.78. The molecule has 9 heteroatoms. The molecule has 0 heterocycles. The Kier molecular flexibility index (Phi) is 56.5. The molecule has 0 aliphatic carbocycles. The number of carbonyl (C=O) groups is 3. The predicted molar refractivity (Wildman–Crippen MR) is 290 cm³/mol. The van der Waals surface area contributed by atoms with Gasteiger partial charge < -0.3 is 30.1 Å². The molecule has 9 nitrogen and oxygen atoms in total. The van der Waals surface area contributed by atoms with Crippen LogP contribution in [0.4, 0.5) is 0 Å². The molecule has 66 heavy (non-hydrogen) atoms. The number of carbonyl (C=O) groups excluding carboxylic acids is 3. The van der Waals surface area contributed by atoms with E-state index in [1.807, 2.05) is 0 Å². The Labute approximate surface area is 413 Å². The molecular formula is C57H118N6O3. The summed E-state index contributed by atoms with van der Waals surface area (Å²) in [6, 6.07) is 0. The van der Waals surface area contributed by atoms with Crippen molar-refractivity contribution >= 4 is 18.6 Å². The van der Waals surface area contributed by atoms with E-state index < -0.39 is 0 Å². The SMILES string of the molecule is CCCCCC=O.CCCCCCCCCN(CCCCCCCCC)CCN(CCCCCCCCC)CC(=O)N(CCCN(CCCCCCCCC)CC(C)CNC)CCNC=O. The summed E-state index contributed by atoms with van der Waals surface area (Å²) in [6.45, 7) is 25.7. The summed E-state index contributed by atoms with van der Waals surface area (Å²) in [5.41, 5.74) is 0. The highest BCUT2D eigenvalue weighted by Crippen LogP contribution is 2.14. The zero-order valence-corrected chi connectivity index (χ0v) is 45.8. The average Bonchev–Trinajstić information content (AvgIpc) is 3.31. The van der Waals surface area contributed by atoms with Gasteiger partial charge in [0.25, 0.3) is 0 Å². The summed E-state index contributed by atoms with van der Waals surface area (Å²) >= 11 is 0. The molecule has 394 valence electrons. The van der Waals surface area contributed by atoms with Gasteiger partial charge in [0, 0.05) is 45.7 Å². The van der Waals surface area contributed by atoms with Crippen LogP contribution < -0.4 is 10.6 Å². The smallest absolute Gasteiger partial charge is 0.236 e. The summed E-state index contributed by atoms with van der Waals surface area (Å²) in [5, 5.41) is 6.22. The van der Waals surface area contributed by atoms with E-state index >= 15 is 0 Å². The lowest BCUT2D eigenvalue weighted by Crippen LogP contribution is -2.46. The Balaban J connectivity index is 0. The fourth-order valence-corrected chi connectivity index (χ4v) is 9.08. The van der Waals surface area contributed by atoms with Gasteiger partial charge in [-0.3, -0.25) is 14.5 Å². The van der Waals surface area contributed by atoms with Gasteiger partial charge in [-0.25, -0.2) is 0 Å². The quantitative estimate of drug-likeness (QED) is 0.0464. The van der Waals surface area contributed by atoms with Gasteiger partial charge in [-0.2, -0.15) is 0 Å². The Morgan fingerprint density at radius 3 is 1.24 bits per heavy atom. The van der Waals surface area contributed by atoms with Crippen LogP contribution in [0.15, 0.2) is 0 Å². The van der Waals surface area contributed by atoms with Crippen LogP contribution in [0, 0.1) is 5.92 Å². The van der Waals surface area contributed by atoms with Crippen LogP contribution in [0.25, 0.3) is 0 Å². The van der Waals surface area contributed by atoms with E-state index in [1.54, 1.807) is 0 Å². The molecule has 0 aromatic heterocycles. The molecule has 0 bridgehead atoms. The first-order valence-corrected chi connectivity index (χ1v) is 29.1. The molecular weight excluding hydrogens is 817 g/mol. The molecule has 0 aromatic rings. The number of hydrogen-bond acceptors (Lipinski definition) is 7. The molecule has 2 N–H and O–H groups in total. The average molecular weight is 936 g/mol. The Morgan fingerprint density at radius 2 is 0.818 bits per heavy atom. The maximum atomic E-state index is 14.2. The number of nitrogens with zero attached hydrogens (tertiary/aromatic N) is 4. The number of nitrogens with one attached hydrogen (secondary N) is 2. The molecule has 0 spiro atoms. The van der Waals surface area contributed by atoms with E-state index in [9.17, 15) is 14.4 Å². The maximum absolute atomic E-state index is 14.2. The molecule has 0 aromatic carbocycles. The molecule has 0 radical (unpaired) electrons. The van der Waals surface area contributed by atoms with Crippen LogP contribution in [-0.2, 0) is 14.4 Å². The van der Waals surface area contributed by atoms with Gasteiger partial charge in [-0.05, 0) is 90.8 Å². The monoisotopic (exact) mass is 935 g/mol. The number of unbranched alkanes of at least 4 members (excludes halogenated alkanes) is 27. The third-order valence-electron chi connectivity index (χ3n) is 13.3. The minimum absolute atomic E-state index is 0.230. The van der Waals surface area contributed by atoms with Crippen molar-refractivity contribution in [3.63, 3.8) is 0 Å². The fraction of sp³-hybridized carbons (Fsp3) is 0.947. The number of aldehydes is 1. The first-order valence-electron chi connectivity index (χ1n) is 29.1. The minimum atomic E-state index is 0.230. The van der Waals surface area contributed by atoms with Crippen molar-refractivity contribution in [2.45, 2.75) is 253 Å². The van der Waals surface area contributed by atoms with Gasteiger partial charge in [-0.1, -0.05) is 208 Å². The van der Waals surface area contributed by atoms with Crippen molar-refractivity contribution in [2.24, 2.45) is 5.92 Å². The second-order valence-corrected chi connectivity index (χ2v) is 20.0. The van der Waals surface area contributed by atoms with Gasteiger partial charge in [0.15, 0.2) is 0 Å². The van der Waals surface area contributed by atoms with Crippen molar-refractivity contribution in [1.29, 1.82) is 0 Å². The van der Waals surface area contributed by atoms with Gasteiger partial charge in [0.1, 0.15) is 6.29 Å². The van der Waals surface area contributed by atoms with Crippen molar-refractivity contribution in [1.82, 2.24) is 30.2 Å². The standard InChI is InChI=1S/C51H106N6O2.C6H12O/c1-7-11-15-19-23-27-31-37-54(38-32-28-24-20-16-12-8-2)44-45-56(40-34-30-26-22-18-14-10-4)48-51(59)57(43-36-53-49-58)42-35-41-55(47-50(5)46-52-6)39-33-29-25-21-17-13-9-3;1-2-3-4-5-6-7/h49-50,52H,7-48H2,1-6H3,(H,53,58);6H,2-5H2,1H3. The van der Waals surface area contributed by atoms with Crippen molar-refractivity contribution in [3.05, 3.63) is 0 Å². The molecule has 1 atom stereocenters. The predicted octanol–water partition coefficient (Wildman–Crippen LogP) is 13.5. The van der Waals surface area contributed by atoms with Crippen LogP contribution in [0.5, 0.6) is 0 Å². The molecule has 0 saturated heterocycles. The van der Waals surface area contributed by atoms with Gasteiger partial charge >= 0.3 is 0 Å². The molecule has 0 aliphatic rings. The van der Waals surface area contributed by atoms with Crippen LogP contribution in [0.3, 0.4) is 0 Å². The lowest BCUT2D eigenvalue weighted by Gasteiger charge is -2.31. The van der Waals surface area contributed by atoms with Crippen LogP contribution in [0.1, 0.15) is 253 Å². The zero-order chi connectivity index (χ0) is 48.8. The van der Waals surface area contributed by atoms with E-state index in [0.29, 0.717) is 25.6 Å². The van der Waals surface area contributed by atoms with Crippen molar-refractivity contribution < 1.29 is 14.4 Å². The summed E-state index contributed by atoms with van der Waals surface area (Å²) in [5.74, 6) is 0.823. The van der Waals surface area contributed by atoms with E-state index in [2.05, 4.69) is 78.8 Å². The van der Waals surface area contributed by atoms with Crippen molar-refractivity contribution in [2.75, 3.05) is 92.1 Å². The molecule has 0 fully saturated rings. The summed E-state index contributed by atoms with van der Waals surface area (Å²) in [7, 11) is 2.05.